The first-order valence-corrected chi connectivity index (χ1v) is 15.6. The third kappa shape index (κ3) is 11.3. The van der Waals surface area contributed by atoms with Crippen LogP contribution in [-0.2, 0) is 4.74 Å². The Hall–Kier alpha value is -3.35. The van der Waals surface area contributed by atoms with Crippen molar-refractivity contribution in [3.05, 3.63) is 78.1 Å². The second-order valence-corrected chi connectivity index (χ2v) is 11.1. The molecule has 0 heterocycles. The van der Waals surface area contributed by atoms with E-state index in [4.69, 9.17) is 9.47 Å². The lowest BCUT2D eigenvalue weighted by molar-refractivity contribution is -0.206. The molecule has 7 heteroatoms. The minimum atomic E-state index is -4.60. The number of ether oxygens (including phenoxy) is 2. The average Bonchev–Trinajstić information content (AvgIpc) is 3.00. The van der Waals surface area contributed by atoms with Crippen molar-refractivity contribution >= 4 is 5.97 Å². The molecule has 0 bridgehead atoms. The van der Waals surface area contributed by atoms with E-state index >= 15 is 0 Å². The quantitative estimate of drug-likeness (QED) is 0.0828. The van der Waals surface area contributed by atoms with Gasteiger partial charge >= 0.3 is 12.1 Å². The Balaban J connectivity index is 1.54. The van der Waals surface area contributed by atoms with Crippen molar-refractivity contribution in [1.29, 1.82) is 0 Å². The molecule has 0 fully saturated rings. The highest BCUT2D eigenvalue weighted by Crippen LogP contribution is 2.30. The van der Waals surface area contributed by atoms with Crippen LogP contribution in [0.15, 0.2) is 66.7 Å². The van der Waals surface area contributed by atoms with Gasteiger partial charge in [-0.3, -0.25) is 0 Å². The van der Waals surface area contributed by atoms with Crippen molar-refractivity contribution in [2.45, 2.75) is 103 Å². The number of hydrogen-bond donors (Lipinski definition) is 0. The van der Waals surface area contributed by atoms with Crippen molar-refractivity contribution in [2.24, 2.45) is 0 Å². The van der Waals surface area contributed by atoms with Crippen LogP contribution in [0, 0.1) is 5.82 Å². The normalized spacial score (nSPS) is 12.2. The topological polar surface area (TPSA) is 35.5 Å². The first kappa shape index (κ1) is 34.1. The summed E-state index contributed by atoms with van der Waals surface area (Å²) in [4.78, 5) is 12.5. The van der Waals surface area contributed by atoms with Crippen LogP contribution in [0.5, 0.6) is 5.75 Å². The van der Waals surface area contributed by atoms with Crippen LogP contribution < -0.4 is 4.74 Å². The highest BCUT2D eigenvalue weighted by molar-refractivity contribution is 5.90. The summed E-state index contributed by atoms with van der Waals surface area (Å²) in [5.74, 6) is -1.14. The smallest absolute Gasteiger partial charge is 0.425 e. The molecule has 1 atom stereocenters. The number of alkyl halides is 3. The standard InChI is InChI=1S/C36H44F4O3/c1-3-5-7-9-10-11-13-25-42-33-24-23-31(26-32(33)37)29-17-15-27(16-18-29)28-19-21-30(22-20-28)35(41)43-34(36(38,39)40)14-12-8-6-4-2/h15-24,26,34H,3-14,25H2,1-2H3. The summed E-state index contributed by atoms with van der Waals surface area (Å²) in [6, 6.07) is 18.7. The predicted molar refractivity (Wildman–Crippen MR) is 165 cm³/mol. The number of esters is 1. The lowest BCUT2D eigenvalue weighted by Crippen LogP contribution is -2.33. The number of benzene rings is 3. The second kappa shape index (κ2) is 17.7. The van der Waals surface area contributed by atoms with Gasteiger partial charge in [0, 0.05) is 0 Å². The monoisotopic (exact) mass is 600 g/mol. The van der Waals surface area contributed by atoms with Crippen LogP contribution in [0.2, 0.25) is 0 Å². The number of hydrogen-bond acceptors (Lipinski definition) is 3. The van der Waals surface area contributed by atoms with Crippen molar-refractivity contribution < 1.29 is 31.8 Å². The summed E-state index contributed by atoms with van der Waals surface area (Å²) in [7, 11) is 0. The van der Waals surface area contributed by atoms with Crippen molar-refractivity contribution in [2.75, 3.05) is 6.61 Å². The van der Waals surface area contributed by atoms with Gasteiger partial charge in [0.05, 0.1) is 12.2 Å². The Morgan fingerprint density at radius 3 is 1.72 bits per heavy atom. The zero-order chi connectivity index (χ0) is 31.1. The van der Waals surface area contributed by atoms with Crippen molar-refractivity contribution in [3.63, 3.8) is 0 Å². The molecule has 43 heavy (non-hydrogen) atoms. The molecule has 0 aliphatic rings. The minimum Gasteiger partial charge on any atom is -0.491 e. The number of unbranched alkanes of at least 4 members (excludes halogenated alkanes) is 9. The Labute approximate surface area is 253 Å². The summed E-state index contributed by atoms with van der Waals surface area (Å²) >= 11 is 0. The summed E-state index contributed by atoms with van der Waals surface area (Å²) in [5, 5.41) is 0. The number of halogens is 4. The first-order valence-electron chi connectivity index (χ1n) is 15.6. The van der Waals surface area contributed by atoms with Gasteiger partial charge in [0.1, 0.15) is 0 Å². The van der Waals surface area contributed by atoms with Crippen molar-refractivity contribution in [3.8, 4) is 28.0 Å². The van der Waals surface area contributed by atoms with E-state index in [0.717, 1.165) is 47.9 Å². The van der Waals surface area contributed by atoms with E-state index in [2.05, 4.69) is 6.92 Å². The molecule has 3 aromatic rings. The summed E-state index contributed by atoms with van der Waals surface area (Å²) in [6.45, 7) is 4.68. The van der Waals surface area contributed by atoms with Gasteiger partial charge in [0.25, 0.3) is 0 Å². The van der Waals surface area contributed by atoms with E-state index in [1.807, 2.05) is 37.3 Å². The van der Waals surface area contributed by atoms with Crippen LogP contribution in [0.1, 0.15) is 101 Å². The lowest BCUT2D eigenvalue weighted by Gasteiger charge is -2.20. The summed E-state index contributed by atoms with van der Waals surface area (Å²) in [5.41, 5.74) is 3.25. The Morgan fingerprint density at radius 1 is 0.674 bits per heavy atom. The maximum atomic E-state index is 14.7. The van der Waals surface area contributed by atoms with Crippen LogP contribution in [0.25, 0.3) is 22.3 Å². The number of carbonyl (C=O) groups excluding carboxylic acids is 1. The van der Waals surface area contributed by atoms with E-state index in [9.17, 15) is 22.4 Å². The predicted octanol–water partition coefficient (Wildman–Crippen LogP) is 11.3. The molecule has 234 valence electrons. The molecule has 0 radical (unpaired) electrons. The van der Waals surface area contributed by atoms with Gasteiger partial charge in [0.2, 0.25) is 0 Å². The molecule has 0 amide bonds. The van der Waals surface area contributed by atoms with Gasteiger partial charge in [-0.1, -0.05) is 114 Å². The van der Waals surface area contributed by atoms with Crippen LogP contribution >= 0.6 is 0 Å². The molecule has 0 N–H and O–H groups in total. The van der Waals surface area contributed by atoms with Gasteiger partial charge in [-0.25, -0.2) is 9.18 Å². The molecule has 0 saturated carbocycles. The zero-order valence-corrected chi connectivity index (χ0v) is 25.4. The maximum Gasteiger partial charge on any atom is 0.425 e. The van der Waals surface area contributed by atoms with Gasteiger partial charge in [0.15, 0.2) is 17.7 Å². The average molecular weight is 601 g/mol. The van der Waals surface area contributed by atoms with E-state index in [0.29, 0.717) is 19.4 Å². The second-order valence-electron chi connectivity index (χ2n) is 11.1. The number of carbonyl (C=O) groups is 1. The Bertz CT molecular complexity index is 1240. The lowest BCUT2D eigenvalue weighted by atomic mass is 9.99. The highest BCUT2D eigenvalue weighted by Gasteiger charge is 2.42. The van der Waals surface area contributed by atoms with Crippen LogP contribution in [0.3, 0.4) is 0 Å². The molecule has 0 aromatic heterocycles. The molecule has 0 spiro atoms. The Morgan fingerprint density at radius 2 is 1.16 bits per heavy atom. The molecule has 1 unspecified atom stereocenters. The molecule has 3 rings (SSSR count). The third-order valence-electron chi connectivity index (χ3n) is 7.54. The van der Waals surface area contributed by atoms with E-state index in [1.54, 1.807) is 18.2 Å². The molecular weight excluding hydrogens is 556 g/mol. The molecule has 3 aromatic carbocycles. The highest BCUT2D eigenvalue weighted by atomic mass is 19.4. The van der Waals surface area contributed by atoms with Crippen LogP contribution in [0.4, 0.5) is 17.6 Å². The Kier molecular flexibility index (Phi) is 14.0. The fraction of sp³-hybridized carbons (Fsp3) is 0.472. The summed E-state index contributed by atoms with van der Waals surface area (Å²) in [6.07, 6.45) is 4.00. The van der Waals surface area contributed by atoms with E-state index in [1.165, 1.54) is 50.3 Å². The SMILES string of the molecule is CCCCCCCCCOc1ccc(-c2ccc(-c3ccc(C(=O)OC(CCCCCC)C(F)(F)F)cc3)cc2)cc1F. The van der Waals surface area contributed by atoms with E-state index < -0.39 is 24.1 Å². The van der Waals surface area contributed by atoms with Crippen LogP contribution in [-0.4, -0.2) is 24.9 Å². The fourth-order valence-electron chi connectivity index (χ4n) is 4.94. The first-order chi connectivity index (χ1) is 20.7. The molecule has 3 nitrogen and oxygen atoms in total. The van der Waals surface area contributed by atoms with Gasteiger partial charge < -0.3 is 9.47 Å². The van der Waals surface area contributed by atoms with Gasteiger partial charge in [-0.2, -0.15) is 13.2 Å². The minimum absolute atomic E-state index is 0.0629. The molecule has 0 saturated heterocycles. The van der Waals surface area contributed by atoms with Gasteiger partial charge in [-0.05, 0) is 65.8 Å². The van der Waals surface area contributed by atoms with Crippen molar-refractivity contribution in [1.82, 2.24) is 0 Å². The maximum absolute atomic E-state index is 14.7. The molecular formula is C36H44F4O3. The molecule has 0 aliphatic heterocycles. The third-order valence-corrected chi connectivity index (χ3v) is 7.54. The zero-order valence-electron chi connectivity index (χ0n) is 25.4. The van der Waals surface area contributed by atoms with E-state index in [-0.39, 0.29) is 17.7 Å². The number of rotatable bonds is 18. The largest absolute Gasteiger partial charge is 0.491 e. The summed E-state index contributed by atoms with van der Waals surface area (Å²) < 4.78 is 65.4. The van der Waals surface area contributed by atoms with Gasteiger partial charge in [-0.15, -0.1) is 0 Å². The fourth-order valence-corrected chi connectivity index (χ4v) is 4.94. The molecule has 0 aliphatic carbocycles.